The van der Waals surface area contributed by atoms with E-state index in [1.54, 1.807) is 0 Å². The zero-order valence-electron chi connectivity index (χ0n) is 6.44. The predicted octanol–water partition coefficient (Wildman–Crippen LogP) is 0.571. The van der Waals surface area contributed by atoms with Gasteiger partial charge in [0.25, 0.3) is 0 Å². The number of halogens is 1. The molecule has 0 aromatic heterocycles. The monoisotopic (exact) mass is 193 g/mol. The van der Waals surface area contributed by atoms with Gasteiger partial charge in [-0.15, -0.1) is 0 Å². The van der Waals surface area contributed by atoms with E-state index in [-0.39, 0.29) is 0 Å². The highest BCUT2D eigenvalue weighted by molar-refractivity contribution is 7.79. The van der Waals surface area contributed by atoms with Crippen molar-refractivity contribution in [3.63, 3.8) is 0 Å². The molecule has 4 unspecified atom stereocenters. The molecule has 0 spiro atoms. The van der Waals surface area contributed by atoms with Crippen molar-refractivity contribution in [3.8, 4) is 0 Å². The van der Waals surface area contributed by atoms with Crippen molar-refractivity contribution in [1.29, 1.82) is 0 Å². The third-order valence-electron chi connectivity index (χ3n) is 2.21. The van der Waals surface area contributed by atoms with E-state index in [0.29, 0.717) is 25.5 Å². The van der Waals surface area contributed by atoms with Gasteiger partial charge in [-0.2, -0.15) is 0 Å². The van der Waals surface area contributed by atoms with Gasteiger partial charge in [0.05, 0.1) is 5.25 Å². The van der Waals surface area contributed by atoms with Crippen LogP contribution in [0.3, 0.4) is 0 Å². The molecule has 0 saturated heterocycles. The number of carbonyl (C=O) groups excluding carboxylic acids is 1. The summed E-state index contributed by atoms with van der Waals surface area (Å²) < 4.78 is 34.1. The van der Waals surface area contributed by atoms with Crippen LogP contribution in [-0.4, -0.2) is 26.5 Å². The van der Waals surface area contributed by atoms with Crippen LogP contribution in [0.15, 0.2) is 0 Å². The quantitative estimate of drug-likeness (QED) is 0.476. The minimum Gasteiger partial charge on any atom is -0.772 e. The Kier molecular flexibility index (Phi) is 3.34. The molecule has 0 radical (unpaired) electrons. The second-order valence-electron chi connectivity index (χ2n) is 2.97. The molecule has 0 aliphatic heterocycles. The van der Waals surface area contributed by atoms with Gasteiger partial charge in [-0.25, -0.2) is 4.39 Å². The zero-order valence-corrected chi connectivity index (χ0v) is 7.26. The number of rotatable bonds is 2. The van der Waals surface area contributed by atoms with Crippen LogP contribution in [0.5, 0.6) is 0 Å². The van der Waals surface area contributed by atoms with Gasteiger partial charge in [-0.3, -0.25) is 4.21 Å². The maximum absolute atomic E-state index is 13.1. The Balaban J connectivity index is 2.65. The summed E-state index contributed by atoms with van der Waals surface area (Å²) in [7, 11) is 0. The van der Waals surface area contributed by atoms with Crippen molar-refractivity contribution in [2.75, 3.05) is 0 Å². The second kappa shape index (κ2) is 4.09. The fourth-order valence-corrected chi connectivity index (χ4v) is 2.27. The molecule has 12 heavy (non-hydrogen) atoms. The molecule has 1 fully saturated rings. The summed E-state index contributed by atoms with van der Waals surface area (Å²) in [6, 6.07) is 0. The lowest BCUT2D eigenvalue weighted by molar-refractivity contribution is -0.113. The minimum absolute atomic E-state index is 0.335. The van der Waals surface area contributed by atoms with Crippen LogP contribution < -0.4 is 0 Å². The Morgan fingerprint density at radius 3 is 2.67 bits per heavy atom. The van der Waals surface area contributed by atoms with E-state index in [1.165, 1.54) is 0 Å². The van der Waals surface area contributed by atoms with Crippen LogP contribution in [0.2, 0.25) is 0 Å². The normalized spacial score (nSPS) is 39.0. The van der Waals surface area contributed by atoms with Crippen molar-refractivity contribution >= 4 is 17.4 Å². The van der Waals surface area contributed by atoms with E-state index in [2.05, 4.69) is 0 Å². The predicted molar refractivity (Wildman–Crippen MR) is 41.0 cm³/mol. The molecule has 0 heterocycles. The maximum atomic E-state index is 13.1. The summed E-state index contributed by atoms with van der Waals surface area (Å²) in [5, 5.41) is -0.978. The Hall–Kier alpha value is -0.290. The third kappa shape index (κ3) is 1.90. The van der Waals surface area contributed by atoms with E-state index < -0.39 is 28.4 Å². The minimum atomic E-state index is -2.39. The van der Waals surface area contributed by atoms with Crippen molar-refractivity contribution in [1.82, 2.24) is 0 Å². The van der Waals surface area contributed by atoms with Gasteiger partial charge in [0.15, 0.2) is 0 Å². The maximum Gasteiger partial charge on any atom is 0.126 e. The van der Waals surface area contributed by atoms with Crippen LogP contribution in [0.1, 0.15) is 19.3 Å². The molecule has 0 aromatic rings. The van der Waals surface area contributed by atoms with E-state index in [0.717, 1.165) is 0 Å². The lowest BCUT2D eigenvalue weighted by Crippen LogP contribution is -2.37. The Bertz CT molecular complexity index is 197. The summed E-state index contributed by atoms with van der Waals surface area (Å²) in [6.07, 6.45) is 0.432. The van der Waals surface area contributed by atoms with E-state index in [4.69, 9.17) is 0 Å². The average molecular weight is 193 g/mol. The van der Waals surface area contributed by atoms with Crippen LogP contribution in [0.4, 0.5) is 4.39 Å². The van der Waals surface area contributed by atoms with Gasteiger partial charge in [-0.05, 0) is 23.9 Å². The summed E-state index contributed by atoms with van der Waals surface area (Å²) in [5.74, 6) is -0.721. The summed E-state index contributed by atoms with van der Waals surface area (Å²) >= 11 is -2.39. The van der Waals surface area contributed by atoms with E-state index in [9.17, 15) is 17.9 Å². The van der Waals surface area contributed by atoms with Crippen molar-refractivity contribution < 1.29 is 17.9 Å². The molecule has 0 amide bonds. The topological polar surface area (TPSA) is 57.2 Å². The smallest absolute Gasteiger partial charge is 0.126 e. The summed E-state index contributed by atoms with van der Waals surface area (Å²) in [6.45, 7) is 0. The molecule has 0 N–H and O–H groups in total. The first-order valence-electron chi connectivity index (χ1n) is 3.84. The molecule has 70 valence electrons. The van der Waals surface area contributed by atoms with Crippen LogP contribution >= 0.6 is 0 Å². The standard InChI is InChI=1S/C7H11FO3S/c8-7-5(4-9)2-1-3-6(7)12(10)11/h4-7H,1-3H2,(H,10,11)/p-1. The number of aldehydes is 1. The molecule has 1 aliphatic rings. The van der Waals surface area contributed by atoms with Crippen LogP contribution in [0.25, 0.3) is 0 Å². The first-order valence-corrected chi connectivity index (χ1v) is 4.98. The van der Waals surface area contributed by atoms with Gasteiger partial charge in [0, 0.05) is 5.92 Å². The molecule has 5 heteroatoms. The SMILES string of the molecule is O=CC1CCCC(S(=O)[O-])C1F. The summed E-state index contributed by atoms with van der Waals surface area (Å²) in [4.78, 5) is 10.3. The van der Waals surface area contributed by atoms with E-state index >= 15 is 0 Å². The number of alkyl halides is 1. The number of hydrogen-bond donors (Lipinski definition) is 0. The Labute approximate surface area is 72.6 Å². The third-order valence-corrected chi connectivity index (χ3v) is 3.20. The van der Waals surface area contributed by atoms with Crippen molar-refractivity contribution in [2.45, 2.75) is 30.7 Å². The molecular formula is C7H10FO3S-. The number of hydrogen-bond acceptors (Lipinski definition) is 3. The van der Waals surface area contributed by atoms with Gasteiger partial charge >= 0.3 is 0 Å². The average Bonchev–Trinajstić information content (AvgIpc) is 2.04. The number of carbonyl (C=O) groups is 1. The molecule has 3 nitrogen and oxygen atoms in total. The van der Waals surface area contributed by atoms with Crippen LogP contribution in [-0.2, 0) is 15.9 Å². The molecule has 1 aliphatic carbocycles. The van der Waals surface area contributed by atoms with Gasteiger partial charge in [0.1, 0.15) is 12.5 Å². The first kappa shape index (κ1) is 9.80. The second-order valence-corrected chi connectivity index (χ2v) is 4.10. The van der Waals surface area contributed by atoms with Crippen LogP contribution in [0, 0.1) is 5.92 Å². The van der Waals surface area contributed by atoms with E-state index in [1.807, 2.05) is 0 Å². The first-order chi connectivity index (χ1) is 5.66. The van der Waals surface area contributed by atoms with Crippen molar-refractivity contribution in [3.05, 3.63) is 0 Å². The van der Waals surface area contributed by atoms with Gasteiger partial charge < -0.3 is 9.35 Å². The fourth-order valence-electron chi connectivity index (χ4n) is 1.49. The summed E-state index contributed by atoms with van der Waals surface area (Å²) in [5.41, 5.74) is 0. The zero-order chi connectivity index (χ0) is 9.14. The Morgan fingerprint density at radius 2 is 2.17 bits per heavy atom. The molecule has 1 saturated carbocycles. The molecule has 0 aromatic carbocycles. The largest absolute Gasteiger partial charge is 0.772 e. The highest BCUT2D eigenvalue weighted by Crippen LogP contribution is 2.28. The molecular weight excluding hydrogens is 183 g/mol. The lowest BCUT2D eigenvalue weighted by Gasteiger charge is -2.31. The van der Waals surface area contributed by atoms with Gasteiger partial charge in [0.2, 0.25) is 0 Å². The fraction of sp³-hybridized carbons (Fsp3) is 0.857. The highest BCUT2D eigenvalue weighted by atomic mass is 32.2. The van der Waals surface area contributed by atoms with Gasteiger partial charge in [-0.1, -0.05) is 6.42 Å². The Morgan fingerprint density at radius 1 is 1.50 bits per heavy atom. The molecule has 1 rings (SSSR count). The molecule has 0 bridgehead atoms. The van der Waals surface area contributed by atoms with Crippen molar-refractivity contribution in [2.24, 2.45) is 5.92 Å². The molecule has 4 atom stereocenters. The lowest BCUT2D eigenvalue weighted by atomic mass is 9.88. The highest BCUT2D eigenvalue weighted by Gasteiger charge is 2.33.